The van der Waals surface area contributed by atoms with E-state index in [1.165, 1.54) is 11.5 Å². The van der Waals surface area contributed by atoms with Gasteiger partial charge in [-0.1, -0.05) is 25.3 Å². The molecule has 21 heavy (non-hydrogen) atoms. The Morgan fingerprint density at radius 1 is 1.43 bits per heavy atom. The third kappa shape index (κ3) is 4.21. The Hall–Kier alpha value is -1.05. The van der Waals surface area contributed by atoms with Crippen LogP contribution in [-0.2, 0) is 11.2 Å². The number of aryl methyl sites for hydroxylation is 1. The standard InChI is InChI=1S/C14H24N4O2S/c1-4-11-13(21-17-16-11)14(19)15-9-12(10(2)3)18-5-7-20-8-6-18/h10,12H,4-9H2,1-3H3,(H,15,19). The highest BCUT2D eigenvalue weighted by atomic mass is 32.1. The topological polar surface area (TPSA) is 67.4 Å². The van der Waals surface area contributed by atoms with Gasteiger partial charge >= 0.3 is 0 Å². The predicted octanol–water partition coefficient (Wildman–Crippen LogP) is 1.19. The molecule has 1 unspecified atom stereocenters. The molecule has 2 heterocycles. The molecule has 0 aliphatic carbocycles. The molecule has 7 heteroatoms. The minimum Gasteiger partial charge on any atom is -0.379 e. The average Bonchev–Trinajstić information content (AvgIpc) is 2.96. The number of hydrogen-bond donors (Lipinski definition) is 1. The van der Waals surface area contributed by atoms with E-state index >= 15 is 0 Å². The molecule has 1 aliphatic rings. The lowest BCUT2D eigenvalue weighted by Crippen LogP contribution is -2.51. The fraction of sp³-hybridized carbons (Fsp3) is 0.786. The molecule has 0 saturated carbocycles. The molecule has 118 valence electrons. The van der Waals surface area contributed by atoms with Crippen LogP contribution in [0.15, 0.2) is 0 Å². The molecule has 1 saturated heterocycles. The zero-order valence-corrected chi connectivity index (χ0v) is 13.8. The normalized spacial score (nSPS) is 17.9. The maximum absolute atomic E-state index is 12.3. The summed E-state index contributed by atoms with van der Waals surface area (Å²) in [6.07, 6.45) is 0.732. The van der Waals surface area contributed by atoms with Gasteiger partial charge in [-0.25, -0.2) is 0 Å². The number of ether oxygens (including phenoxy) is 1. The molecule has 1 atom stereocenters. The van der Waals surface area contributed by atoms with Gasteiger partial charge in [0.15, 0.2) is 0 Å². The van der Waals surface area contributed by atoms with Gasteiger partial charge in [-0.3, -0.25) is 9.69 Å². The van der Waals surface area contributed by atoms with Crippen LogP contribution in [0.25, 0.3) is 0 Å². The lowest BCUT2D eigenvalue weighted by atomic mass is 10.0. The maximum Gasteiger partial charge on any atom is 0.265 e. The molecule has 0 spiro atoms. The Bertz CT molecular complexity index is 458. The molecule has 1 N–H and O–H groups in total. The fourth-order valence-corrected chi connectivity index (χ4v) is 3.25. The van der Waals surface area contributed by atoms with Crippen LogP contribution in [-0.4, -0.2) is 59.3 Å². The molecule has 1 fully saturated rings. The van der Waals surface area contributed by atoms with Crippen molar-refractivity contribution >= 4 is 17.4 Å². The van der Waals surface area contributed by atoms with Gasteiger partial charge in [0.2, 0.25) is 0 Å². The molecule has 1 aromatic heterocycles. The number of morpholine rings is 1. The van der Waals surface area contributed by atoms with Crippen LogP contribution in [0, 0.1) is 5.92 Å². The number of carbonyl (C=O) groups excluding carboxylic acids is 1. The van der Waals surface area contributed by atoms with E-state index in [-0.39, 0.29) is 5.91 Å². The van der Waals surface area contributed by atoms with Crippen molar-refractivity contribution in [2.75, 3.05) is 32.8 Å². The van der Waals surface area contributed by atoms with E-state index in [1.807, 2.05) is 6.92 Å². The molecule has 0 radical (unpaired) electrons. The van der Waals surface area contributed by atoms with Crippen molar-refractivity contribution < 1.29 is 9.53 Å². The number of carbonyl (C=O) groups is 1. The SMILES string of the molecule is CCc1nnsc1C(=O)NCC(C(C)C)N1CCOCC1. The highest BCUT2D eigenvalue weighted by Crippen LogP contribution is 2.14. The van der Waals surface area contributed by atoms with Gasteiger partial charge in [0.1, 0.15) is 4.88 Å². The summed E-state index contributed by atoms with van der Waals surface area (Å²) in [6.45, 7) is 10.4. The Balaban J connectivity index is 1.93. The van der Waals surface area contributed by atoms with E-state index in [9.17, 15) is 4.79 Å². The minimum absolute atomic E-state index is 0.0549. The molecule has 2 rings (SSSR count). The number of hydrogen-bond acceptors (Lipinski definition) is 6. The van der Waals surface area contributed by atoms with Crippen molar-refractivity contribution in [2.24, 2.45) is 5.92 Å². The van der Waals surface area contributed by atoms with Crippen LogP contribution in [0.2, 0.25) is 0 Å². The molecular formula is C14H24N4O2S. The monoisotopic (exact) mass is 312 g/mol. The van der Waals surface area contributed by atoms with Gasteiger partial charge in [0, 0.05) is 25.7 Å². The van der Waals surface area contributed by atoms with E-state index in [0.29, 0.717) is 23.4 Å². The zero-order valence-electron chi connectivity index (χ0n) is 13.0. The van der Waals surface area contributed by atoms with Crippen molar-refractivity contribution in [1.29, 1.82) is 0 Å². The molecule has 1 aromatic rings. The lowest BCUT2D eigenvalue weighted by molar-refractivity contribution is 0.00673. The minimum atomic E-state index is -0.0549. The summed E-state index contributed by atoms with van der Waals surface area (Å²) in [4.78, 5) is 15.3. The zero-order chi connectivity index (χ0) is 15.2. The third-order valence-electron chi connectivity index (χ3n) is 3.85. The Labute approximate surface area is 130 Å². The quantitative estimate of drug-likeness (QED) is 0.854. The van der Waals surface area contributed by atoms with Crippen molar-refractivity contribution in [3.63, 3.8) is 0 Å². The van der Waals surface area contributed by atoms with Gasteiger partial charge in [-0.15, -0.1) is 5.10 Å². The summed E-state index contributed by atoms with van der Waals surface area (Å²) in [5, 5.41) is 7.04. The van der Waals surface area contributed by atoms with E-state index < -0.39 is 0 Å². The van der Waals surface area contributed by atoms with Crippen LogP contribution >= 0.6 is 11.5 Å². The number of rotatable bonds is 6. The third-order valence-corrected chi connectivity index (χ3v) is 4.62. The van der Waals surface area contributed by atoms with E-state index in [2.05, 4.69) is 33.7 Å². The summed E-state index contributed by atoms with van der Waals surface area (Å²) in [7, 11) is 0. The second-order valence-corrected chi connectivity index (χ2v) is 6.33. The molecule has 6 nitrogen and oxygen atoms in total. The smallest absolute Gasteiger partial charge is 0.265 e. The summed E-state index contributed by atoms with van der Waals surface area (Å²) in [5.41, 5.74) is 0.782. The maximum atomic E-state index is 12.3. The highest BCUT2D eigenvalue weighted by molar-refractivity contribution is 7.08. The van der Waals surface area contributed by atoms with E-state index in [1.54, 1.807) is 0 Å². The summed E-state index contributed by atoms with van der Waals surface area (Å²) >= 11 is 1.17. The van der Waals surface area contributed by atoms with Crippen molar-refractivity contribution in [2.45, 2.75) is 33.2 Å². The van der Waals surface area contributed by atoms with E-state index in [4.69, 9.17) is 4.74 Å². The fourth-order valence-electron chi connectivity index (χ4n) is 2.59. The predicted molar refractivity (Wildman–Crippen MR) is 82.6 cm³/mol. The average molecular weight is 312 g/mol. The number of aromatic nitrogens is 2. The first-order valence-corrected chi connectivity index (χ1v) is 8.32. The van der Waals surface area contributed by atoms with Crippen LogP contribution in [0.5, 0.6) is 0 Å². The molecular weight excluding hydrogens is 288 g/mol. The first-order valence-electron chi connectivity index (χ1n) is 7.54. The highest BCUT2D eigenvalue weighted by Gasteiger charge is 2.25. The number of amides is 1. The second-order valence-electron chi connectivity index (χ2n) is 5.57. The number of nitrogens with one attached hydrogen (secondary N) is 1. The Morgan fingerprint density at radius 3 is 2.76 bits per heavy atom. The van der Waals surface area contributed by atoms with Gasteiger partial charge in [0.05, 0.1) is 18.9 Å². The van der Waals surface area contributed by atoms with E-state index in [0.717, 1.165) is 38.4 Å². The molecule has 1 amide bonds. The Kier molecular flexibility index (Phi) is 6.08. The largest absolute Gasteiger partial charge is 0.379 e. The van der Waals surface area contributed by atoms with Gasteiger partial charge in [-0.05, 0) is 23.9 Å². The first kappa shape index (κ1) is 16.3. The first-order chi connectivity index (χ1) is 10.1. The lowest BCUT2D eigenvalue weighted by Gasteiger charge is -2.36. The summed E-state index contributed by atoms with van der Waals surface area (Å²) < 4.78 is 9.27. The van der Waals surface area contributed by atoms with Crippen molar-refractivity contribution in [3.05, 3.63) is 10.6 Å². The molecule has 1 aliphatic heterocycles. The van der Waals surface area contributed by atoms with Gasteiger partial charge in [0.25, 0.3) is 5.91 Å². The van der Waals surface area contributed by atoms with Crippen molar-refractivity contribution in [1.82, 2.24) is 19.8 Å². The second kappa shape index (κ2) is 7.82. The van der Waals surface area contributed by atoms with Crippen LogP contribution in [0.4, 0.5) is 0 Å². The summed E-state index contributed by atoms with van der Waals surface area (Å²) in [5.74, 6) is 0.425. The Morgan fingerprint density at radius 2 is 2.14 bits per heavy atom. The molecule has 0 bridgehead atoms. The summed E-state index contributed by atoms with van der Waals surface area (Å²) in [6, 6.07) is 0.337. The van der Waals surface area contributed by atoms with Gasteiger partial charge in [-0.2, -0.15) is 0 Å². The van der Waals surface area contributed by atoms with Crippen LogP contribution < -0.4 is 5.32 Å². The van der Waals surface area contributed by atoms with Crippen LogP contribution in [0.1, 0.15) is 36.1 Å². The van der Waals surface area contributed by atoms with Gasteiger partial charge < -0.3 is 10.1 Å². The van der Waals surface area contributed by atoms with Crippen molar-refractivity contribution in [3.8, 4) is 0 Å². The van der Waals surface area contributed by atoms with Crippen LogP contribution in [0.3, 0.4) is 0 Å². The molecule has 0 aromatic carbocycles. The number of nitrogens with zero attached hydrogens (tertiary/aromatic N) is 3.